The van der Waals surface area contributed by atoms with E-state index in [-0.39, 0.29) is 35.1 Å². The Kier molecular flexibility index (Phi) is 7.33. The van der Waals surface area contributed by atoms with Crippen molar-refractivity contribution in [3.05, 3.63) is 29.3 Å². The molecule has 35 heavy (non-hydrogen) atoms. The molecule has 9 heteroatoms. The average Bonchev–Trinajstić information content (AvgIpc) is 3.39. The number of aliphatic hydroxyl groups is 1. The Morgan fingerprint density at radius 1 is 1.26 bits per heavy atom. The van der Waals surface area contributed by atoms with Crippen LogP contribution >= 0.6 is 15.9 Å². The number of fused-ring (bicyclic) bond motifs is 1. The molecule has 0 aromatic heterocycles. The average molecular weight is 550 g/mol. The molecule has 7 atom stereocenters. The molecule has 2 bridgehead atoms. The lowest BCUT2D eigenvalue weighted by Crippen LogP contribution is -2.57. The first-order valence-corrected chi connectivity index (χ1v) is 13.4. The van der Waals surface area contributed by atoms with Gasteiger partial charge in [-0.3, -0.25) is 14.4 Å². The summed E-state index contributed by atoms with van der Waals surface area (Å²) in [5.41, 5.74) is 1.39. The van der Waals surface area contributed by atoms with Crippen LogP contribution < -0.4 is 10.6 Å². The van der Waals surface area contributed by atoms with Crippen molar-refractivity contribution in [1.29, 1.82) is 0 Å². The Labute approximate surface area is 215 Å². The number of nitrogens with zero attached hydrogens (tertiary/aromatic N) is 1. The van der Waals surface area contributed by atoms with E-state index in [1.54, 1.807) is 0 Å². The predicted molar refractivity (Wildman–Crippen MR) is 136 cm³/mol. The number of aliphatic hydroxyl groups excluding tert-OH is 1. The summed E-state index contributed by atoms with van der Waals surface area (Å²) < 4.78 is 6.50. The van der Waals surface area contributed by atoms with E-state index in [1.807, 2.05) is 52.8 Å². The molecule has 3 aliphatic rings. The topological polar surface area (TPSA) is 108 Å². The number of hydrogen-bond acceptors (Lipinski definition) is 5. The fourth-order valence-electron chi connectivity index (χ4n) is 6.21. The lowest BCUT2D eigenvalue weighted by molar-refractivity contribution is -0.145. The zero-order chi connectivity index (χ0) is 25.7. The van der Waals surface area contributed by atoms with E-state index in [9.17, 15) is 19.5 Å². The van der Waals surface area contributed by atoms with Crippen LogP contribution in [-0.4, -0.2) is 69.5 Å². The van der Waals surface area contributed by atoms with Gasteiger partial charge in [0.1, 0.15) is 11.6 Å². The molecule has 0 radical (unpaired) electrons. The third-order valence-electron chi connectivity index (χ3n) is 7.87. The number of anilines is 1. The van der Waals surface area contributed by atoms with Crippen molar-refractivity contribution in [2.24, 2.45) is 17.8 Å². The van der Waals surface area contributed by atoms with Crippen LogP contribution in [0.2, 0.25) is 0 Å². The number of hydrogen-bond donors (Lipinski definition) is 3. The molecule has 3 aliphatic heterocycles. The van der Waals surface area contributed by atoms with Crippen molar-refractivity contribution in [3.63, 3.8) is 0 Å². The SMILES string of the molecule is CCCNC(=O)[C@H]1[C@H]2C(=O)N([C@@H](CO)C(C)C)C(C(=O)Nc3c(C)cccc3C)C23CC(Br)[C@@H]1O3. The molecule has 3 unspecified atom stereocenters. The number of carbonyl (C=O) groups is 3. The number of alkyl halides is 1. The van der Waals surface area contributed by atoms with Gasteiger partial charge in [-0.05, 0) is 43.7 Å². The molecule has 1 spiro atoms. The highest BCUT2D eigenvalue weighted by Crippen LogP contribution is 2.60. The number of amides is 3. The molecule has 4 rings (SSSR count). The summed E-state index contributed by atoms with van der Waals surface area (Å²) >= 11 is 3.68. The van der Waals surface area contributed by atoms with Crippen LogP contribution in [0, 0.1) is 31.6 Å². The van der Waals surface area contributed by atoms with Gasteiger partial charge in [0, 0.05) is 17.1 Å². The van der Waals surface area contributed by atoms with E-state index in [0.717, 1.165) is 17.5 Å². The monoisotopic (exact) mass is 549 g/mol. The van der Waals surface area contributed by atoms with E-state index in [4.69, 9.17) is 4.74 Å². The number of para-hydroxylation sites is 1. The number of likely N-dealkylation sites (tertiary alicyclic amines) is 1. The molecule has 192 valence electrons. The van der Waals surface area contributed by atoms with Crippen molar-refractivity contribution < 1.29 is 24.2 Å². The molecule has 3 amide bonds. The van der Waals surface area contributed by atoms with Crippen LogP contribution in [0.15, 0.2) is 18.2 Å². The van der Waals surface area contributed by atoms with Crippen LogP contribution in [0.1, 0.15) is 44.7 Å². The van der Waals surface area contributed by atoms with Gasteiger partial charge in [-0.15, -0.1) is 0 Å². The van der Waals surface area contributed by atoms with Crippen LogP contribution in [0.3, 0.4) is 0 Å². The second kappa shape index (κ2) is 9.82. The summed E-state index contributed by atoms with van der Waals surface area (Å²) in [4.78, 5) is 42.6. The molecular formula is C26H36BrN3O5. The maximum atomic E-state index is 14.0. The van der Waals surface area contributed by atoms with E-state index in [1.165, 1.54) is 4.90 Å². The van der Waals surface area contributed by atoms with Gasteiger partial charge in [0.05, 0.1) is 30.6 Å². The van der Waals surface area contributed by atoms with Gasteiger partial charge >= 0.3 is 0 Å². The van der Waals surface area contributed by atoms with E-state index in [0.29, 0.717) is 18.7 Å². The number of nitrogens with one attached hydrogen (secondary N) is 2. The Bertz CT molecular complexity index is 996. The minimum absolute atomic E-state index is 0.0981. The van der Waals surface area contributed by atoms with Crippen molar-refractivity contribution in [2.45, 2.75) is 76.1 Å². The van der Waals surface area contributed by atoms with Gasteiger partial charge in [0.15, 0.2) is 0 Å². The smallest absolute Gasteiger partial charge is 0.250 e. The number of halogens is 1. The number of ether oxygens (including phenoxy) is 1. The highest BCUT2D eigenvalue weighted by molar-refractivity contribution is 9.09. The van der Waals surface area contributed by atoms with E-state index < -0.39 is 35.6 Å². The van der Waals surface area contributed by atoms with Gasteiger partial charge in [-0.1, -0.05) is 54.9 Å². The predicted octanol–water partition coefficient (Wildman–Crippen LogP) is 2.53. The standard InChI is InChI=1S/C26H36BrN3O5/c1-6-10-28-23(32)18-19-25(34)30(17(12-31)13(2)3)22(26(19)11-16(27)21(18)35-26)24(33)29-20-14(4)8-7-9-15(20)5/h7-9,13,16-19,21-22,31H,6,10-12H2,1-5H3,(H,28,32)(H,29,33)/t16?,17-,18-,19-,21-,22?,26?/m0/s1. The molecule has 0 aliphatic carbocycles. The highest BCUT2D eigenvalue weighted by atomic mass is 79.9. The summed E-state index contributed by atoms with van der Waals surface area (Å²) in [6.45, 7) is 9.87. The third kappa shape index (κ3) is 4.09. The number of benzene rings is 1. The first-order chi connectivity index (χ1) is 16.6. The van der Waals surface area contributed by atoms with E-state index in [2.05, 4.69) is 26.6 Å². The highest BCUT2D eigenvalue weighted by Gasteiger charge is 2.77. The Morgan fingerprint density at radius 3 is 2.49 bits per heavy atom. The Balaban J connectivity index is 1.79. The minimum Gasteiger partial charge on any atom is -0.394 e. The fraction of sp³-hybridized carbons (Fsp3) is 0.654. The summed E-state index contributed by atoms with van der Waals surface area (Å²) in [6.07, 6.45) is 0.715. The van der Waals surface area contributed by atoms with Gasteiger partial charge < -0.3 is 25.4 Å². The molecule has 1 aromatic carbocycles. The molecule has 3 heterocycles. The summed E-state index contributed by atoms with van der Waals surface area (Å²) in [5, 5.41) is 16.3. The molecule has 3 saturated heterocycles. The first-order valence-electron chi connectivity index (χ1n) is 12.5. The van der Waals surface area contributed by atoms with Gasteiger partial charge in [-0.25, -0.2) is 0 Å². The Hall–Kier alpha value is -1.97. The first kappa shape index (κ1) is 26.1. The van der Waals surface area contributed by atoms with Crippen molar-refractivity contribution in [1.82, 2.24) is 10.2 Å². The minimum atomic E-state index is -1.15. The molecule has 1 aromatic rings. The maximum absolute atomic E-state index is 14.0. The lowest BCUT2D eigenvalue weighted by atomic mass is 9.70. The quantitative estimate of drug-likeness (QED) is 0.432. The van der Waals surface area contributed by atoms with Crippen LogP contribution in [0.25, 0.3) is 0 Å². The van der Waals surface area contributed by atoms with Gasteiger partial charge in [-0.2, -0.15) is 0 Å². The summed E-state index contributed by atoms with van der Waals surface area (Å²) in [5.74, 6) is -2.44. The molecule has 3 fully saturated rings. The largest absolute Gasteiger partial charge is 0.394 e. The lowest BCUT2D eigenvalue weighted by Gasteiger charge is -2.38. The van der Waals surface area contributed by atoms with Crippen LogP contribution in [0.5, 0.6) is 0 Å². The number of aryl methyl sites for hydroxylation is 2. The van der Waals surface area contributed by atoms with Crippen molar-refractivity contribution in [2.75, 3.05) is 18.5 Å². The molecule has 3 N–H and O–H groups in total. The van der Waals surface area contributed by atoms with Crippen LogP contribution in [0.4, 0.5) is 5.69 Å². The Morgan fingerprint density at radius 2 is 1.91 bits per heavy atom. The molecule has 8 nitrogen and oxygen atoms in total. The van der Waals surface area contributed by atoms with Gasteiger partial charge in [0.2, 0.25) is 17.7 Å². The maximum Gasteiger partial charge on any atom is 0.250 e. The van der Waals surface area contributed by atoms with Gasteiger partial charge in [0.25, 0.3) is 0 Å². The van der Waals surface area contributed by atoms with Crippen molar-refractivity contribution >= 4 is 39.3 Å². The number of carbonyl (C=O) groups excluding carboxylic acids is 3. The zero-order valence-electron chi connectivity index (χ0n) is 21.0. The summed E-state index contributed by atoms with van der Waals surface area (Å²) in [6, 6.07) is 4.23. The second-order valence-corrected chi connectivity index (χ2v) is 11.6. The normalized spacial score (nSPS) is 32.2. The zero-order valence-corrected chi connectivity index (χ0v) is 22.6. The summed E-state index contributed by atoms with van der Waals surface area (Å²) in [7, 11) is 0. The van der Waals surface area contributed by atoms with Crippen molar-refractivity contribution in [3.8, 4) is 0 Å². The fourth-order valence-corrected chi connectivity index (χ4v) is 7.16. The molecule has 0 saturated carbocycles. The molecular weight excluding hydrogens is 514 g/mol. The number of rotatable bonds is 8. The third-order valence-corrected chi connectivity index (χ3v) is 8.72. The van der Waals surface area contributed by atoms with Crippen LogP contribution in [-0.2, 0) is 19.1 Å². The second-order valence-electron chi connectivity index (χ2n) is 10.5. The van der Waals surface area contributed by atoms with E-state index >= 15 is 0 Å².